The standard InChI is InChI=1S/C11H21IO/c1-2-11(13)10(12)8-9-6-4-3-5-7-9/h9-11,13H,2-8H2,1H3/t10-,11-/m1/s1. The van der Waals surface area contributed by atoms with Crippen LogP contribution < -0.4 is 0 Å². The molecule has 0 radical (unpaired) electrons. The fraction of sp³-hybridized carbons (Fsp3) is 1.00. The summed E-state index contributed by atoms with van der Waals surface area (Å²) in [5.74, 6) is 0.900. The predicted octanol–water partition coefficient (Wildman–Crippen LogP) is 3.53. The number of hydrogen-bond donors (Lipinski definition) is 1. The molecule has 0 aliphatic heterocycles. The summed E-state index contributed by atoms with van der Waals surface area (Å²) in [6, 6.07) is 0. The molecule has 1 aliphatic rings. The monoisotopic (exact) mass is 296 g/mol. The number of rotatable bonds is 4. The van der Waals surface area contributed by atoms with Crippen LogP contribution in [0.2, 0.25) is 0 Å². The number of aliphatic hydroxyl groups is 1. The molecule has 78 valence electrons. The number of alkyl halides is 1. The van der Waals surface area contributed by atoms with Crippen molar-refractivity contribution in [3.05, 3.63) is 0 Å². The zero-order chi connectivity index (χ0) is 9.68. The molecule has 0 aromatic carbocycles. The Kier molecular flexibility index (Phi) is 5.63. The first-order chi connectivity index (χ1) is 6.24. The van der Waals surface area contributed by atoms with Gasteiger partial charge < -0.3 is 5.11 Å². The third-order valence-electron chi connectivity index (χ3n) is 3.12. The molecule has 13 heavy (non-hydrogen) atoms. The molecule has 0 aromatic heterocycles. The van der Waals surface area contributed by atoms with Crippen LogP contribution in [0.5, 0.6) is 0 Å². The lowest BCUT2D eigenvalue weighted by Gasteiger charge is -2.25. The molecule has 1 N–H and O–H groups in total. The van der Waals surface area contributed by atoms with Crippen LogP contribution in [-0.4, -0.2) is 15.1 Å². The van der Waals surface area contributed by atoms with Crippen LogP contribution in [0, 0.1) is 5.92 Å². The van der Waals surface area contributed by atoms with Crippen LogP contribution in [0.3, 0.4) is 0 Å². The number of halogens is 1. The summed E-state index contributed by atoms with van der Waals surface area (Å²) in [5.41, 5.74) is 0. The maximum absolute atomic E-state index is 9.65. The first-order valence-corrected chi connectivity index (χ1v) is 6.80. The van der Waals surface area contributed by atoms with E-state index in [4.69, 9.17) is 0 Å². The molecule has 2 heteroatoms. The van der Waals surface area contributed by atoms with E-state index in [0.717, 1.165) is 12.3 Å². The Morgan fingerprint density at radius 3 is 2.46 bits per heavy atom. The smallest absolute Gasteiger partial charge is 0.0655 e. The molecule has 1 nitrogen and oxygen atoms in total. The second kappa shape index (κ2) is 6.23. The first kappa shape index (κ1) is 11.8. The lowest BCUT2D eigenvalue weighted by Crippen LogP contribution is -2.23. The van der Waals surface area contributed by atoms with E-state index < -0.39 is 0 Å². The van der Waals surface area contributed by atoms with Crippen molar-refractivity contribution in [3.63, 3.8) is 0 Å². The SMILES string of the molecule is CC[C@@H](O)[C@H](I)CC1CCCCC1. The molecule has 1 fully saturated rings. The lowest BCUT2D eigenvalue weighted by molar-refractivity contribution is 0.157. The lowest BCUT2D eigenvalue weighted by atomic mass is 9.85. The van der Waals surface area contributed by atoms with Crippen LogP contribution in [0.15, 0.2) is 0 Å². The minimum absolute atomic E-state index is 0.0810. The Hall–Kier alpha value is 0.690. The summed E-state index contributed by atoms with van der Waals surface area (Å²) in [7, 11) is 0. The Morgan fingerprint density at radius 2 is 1.92 bits per heavy atom. The van der Waals surface area contributed by atoms with Gasteiger partial charge in [0.2, 0.25) is 0 Å². The molecular formula is C11H21IO. The van der Waals surface area contributed by atoms with Gasteiger partial charge in [-0.1, -0.05) is 61.6 Å². The third-order valence-corrected chi connectivity index (χ3v) is 4.46. The maximum Gasteiger partial charge on any atom is 0.0655 e. The average molecular weight is 296 g/mol. The normalized spacial score (nSPS) is 24.2. The molecule has 0 amide bonds. The van der Waals surface area contributed by atoms with Crippen molar-refractivity contribution < 1.29 is 5.11 Å². The van der Waals surface area contributed by atoms with E-state index in [1.165, 1.54) is 38.5 Å². The summed E-state index contributed by atoms with van der Waals surface area (Å²) >= 11 is 2.42. The fourth-order valence-electron chi connectivity index (χ4n) is 2.15. The van der Waals surface area contributed by atoms with Gasteiger partial charge >= 0.3 is 0 Å². The van der Waals surface area contributed by atoms with Crippen LogP contribution in [0.25, 0.3) is 0 Å². The molecule has 1 aliphatic carbocycles. The van der Waals surface area contributed by atoms with Gasteiger partial charge in [-0.3, -0.25) is 0 Å². The second-order valence-electron chi connectivity index (χ2n) is 4.23. The van der Waals surface area contributed by atoms with Crippen LogP contribution in [0.1, 0.15) is 51.9 Å². The summed E-state index contributed by atoms with van der Waals surface area (Å²) < 4.78 is 0.477. The molecule has 0 spiro atoms. The average Bonchev–Trinajstić information content (AvgIpc) is 2.18. The predicted molar refractivity (Wildman–Crippen MR) is 65.3 cm³/mol. The molecule has 0 aromatic rings. The fourth-order valence-corrected chi connectivity index (χ4v) is 3.38. The van der Waals surface area contributed by atoms with Crippen molar-refractivity contribution in [1.29, 1.82) is 0 Å². The van der Waals surface area contributed by atoms with Crippen molar-refractivity contribution in [2.75, 3.05) is 0 Å². The van der Waals surface area contributed by atoms with E-state index >= 15 is 0 Å². The third kappa shape index (κ3) is 4.15. The van der Waals surface area contributed by atoms with Crippen LogP contribution >= 0.6 is 22.6 Å². The summed E-state index contributed by atoms with van der Waals surface area (Å²) in [5, 5.41) is 9.65. The Morgan fingerprint density at radius 1 is 1.31 bits per heavy atom. The molecule has 0 bridgehead atoms. The molecule has 2 atom stereocenters. The molecule has 0 saturated heterocycles. The van der Waals surface area contributed by atoms with Crippen LogP contribution in [-0.2, 0) is 0 Å². The zero-order valence-electron chi connectivity index (χ0n) is 8.51. The number of hydrogen-bond acceptors (Lipinski definition) is 1. The summed E-state index contributed by atoms with van der Waals surface area (Å²) in [6.45, 7) is 2.07. The maximum atomic E-state index is 9.65. The molecule has 1 saturated carbocycles. The molecule has 0 unspecified atom stereocenters. The topological polar surface area (TPSA) is 20.2 Å². The first-order valence-electron chi connectivity index (χ1n) is 5.56. The van der Waals surface area contributed by atoms with E-state index in [1.807, 2.05) is 0 Å². The van der Waals surface area contributed by atoms with E-state index in [2.05, 4.69) is 29.5 Å². The molecule has 1 rings (SSSR count). The van der Waals surface area contributed by atoms with Gasteiger partial charge in [-0.2, -0.15) is 0 Å². The summed E-state index contributed by atoms with van der Waals surface area (Å²) in [6.07, 6.45) is 9.11. The van der Waals surface area contributed by atoms with Gasteiger partial charge in [0.15, 0.2) is 0 Å². The van der Waals surface area contributed by atoms with Gasteiger partial charge in [-0.15, -0.1) is 0 Å². The van der Waals surface area contributed by atoms with Gasteiger partial charge in [0, 0.05) is 3.92 Å². The quantitative estimate of drug-likeness (QED) is 0.621. The van der Waals surface area contributed by atoms with E-state index in [0.29, 0.717) is 3.92 Å². The Labute approximate surface area is 95.4 Å². The highest BCUT2D eigenvalue weighted by Gasteiger charge is 2.21. The Balaban J connectivity index is 2.21. The highest BCUT2D eigenvalue weighted by Crippen LogP contribution is 2.30. The second-order valence-corrected chi connectivity index (χ2v) is 5.83. The largest absolute Gasteiger partial charge is 0.392 e. The van der Waals surface area contributed by atoms with E-state index in [-0.39, 0.29) is 6.10 Å². The van der Waals surface area contributed by atoms with Crippen molar-refractivity contribution in [3.8, 4) is 0 Å². The van der Waals surface area contributed by atoms with Crippen molar-refractivity contribution >= 4 is 22.6 Å². The van der Waals surface area contributed by atoms with Gasteiger partial charge in [0.05, 0.1) is 6.10 Å². The van der Waals surface area contributed by atoms with E-state index in [9.17, 15) is 5.11 Å². The summed E-state index contributed by atoms with van der Waals surface area (Å²) in [4.78, 5) is 0. The zero-order valence-corrected chi connectivity index (χ0v) is 10.7. The highest BCUT2D eigenvalue weighted by atomic mass is 127. The van der Waals surface area contributed by atoms with Gasteiger partial charge in [-0.25, -0.2) is 0 Å². The van der Waals surface area contributed by atoms with Crippen molar-refractivity contribution in [2.45, 2.75) is 61.9 Å². The molecule has 0 heterocycles. The van der Waals surface area contributed by atoms with Crippen LogP contribution in [0.4, 0.5) is 0 Å². The van der Waals surface area contributed by atoms with Gasteiger partial charge in [0.1, 0.15) is 0 Å². The van der Waals surface area contributed by atoms with Gasteiger partial charge in [-0.05, 0) is 18.8 Å². The van der Waals surface area contributed by atoms with Crippen molar-refractivity contribution in [2.24, 2.45) is 5.92 Å². The highest BCUT2D eigenvalue weighted by molar-refractivity contribution is 14.1. The molecular weight excluding hydrogens is 275 g/mol. The minimum Gasteiger partial charge on any atom is -0.392 e. The van der Waals surface area contributed by atoms with Crippen molar-refractivity contribution in [1.82, 2.24) is 0 Å². The Bertz CT molecular complexity index is 132. The number of aliphatic hydroxyl groups excluding tert-OH is 1. The van der Waals surface area contributed by atoms with Gasteiger partial charge in [0.25, 0.3) is 0 Å². The van der Waals surface area contributed by atoms with E-state index in [1.54, 1.807) is 0 Å². The minimum atomic E-state index is -0.0810.